The maximum Gasteiger partial charge on any atom is 0.0535 e. The Morgan fingerprint density at radius 1 is 1.62 bits per heavy atom. The normalized spacial score (nSPS) is 26.4. The summed E-state index contributed by atoms with van der Waals surface area (Å²) < 4.78 is 0. The molecule has 2 rings (SSSR count). The number of hydrogen-bond donors (Lipinski definition) is 2. The fourth-order valence-corrected chi connectivity index (χ4v) is 2.17. The lowest BCUT2D eigenvalue weighted by Gasteiger charge is -2.34. The summed E-state index contributed by atoms with van der Waals surface area (Å²) in [6, 6.07) is 0.381. The summed E-state index contributed by atoms with van der Waals surface area (Å²) in [6.07, 6.45) is 3.03. The molecule has 1 aromatic heterocycles. The highest BCUT2D eigenvalue weighted by Crippen LogP contribution is 2.17. The number of nitrogens with zero attached hydrogens (tertiary/aromatic N) is 2. The molecule has 3 N–H and O–H groups in total. The first-order chi connectivity index (χ1) is 7.16. The van der Waals surface area contributed by atoms with Gasteiger partial charge in [-0.2, -0.15) is 5.10 Å². The van der Waals surface area contributed by atoms with E-state index in [1.54, 1.807) is 0 Å². The number of halogens is 1. The molecule has 0 amide bonds. The van der Waals surface area contributed by atoms with Crippen LogP contribution in [-0.4, -0.2) is 34.2 Å². The van der Waals surface area contributed by atoms with Crippen molar-refractivity contribution < 1.29 is 0 Å². The molecule has 1 aliphatic rings. The van der Waals surface area contributed by atoms with Gasteiger partial charge in [0.05, 0.1) is 6.20 Å². The molecule has 2 heterocycles. The molecule has 5 heteroatoms. The SMILES string of the molecule is Cc1[nH]ncc1CN1CCC(N)C(C)C1.Cl. The van der Waals surface area contributed by atoms with Gasteiger partial charge in [0.15, 0.2) is 0 Å². The predicted octanol–water partition coefficient (Wildman–Crippen LogP) is 1.31. The number of rotatable bonds is 2. The average molecular weight is 245 g/mol. The van der Waals surface area contributed by atoms with E-state index in [4.69, 9.17) is 5.73 Å². The second kappa shape index (κ2) is 5.66. The van der Waals surface area contributed by atoms with Crippen LogP contribution >= 0.6 is 12.4 Å². The van der Waals surface area contributed by atoms with Crippen molar-refractivity contribution in [1.29, 1.82) is 0 Å². The lowest BCUT2D eigenvalue weighted by molar-refractivity contribution is 0.157. The lowest BCUT2D eigenvalue weighted by Crippen LogP contribution is -2.45. The second-order valence-electron chi connectivity index (χ2n) is 4.69. The topological polar surface area (TPSA) is 57.9 Å². The smallest absolute Gasteiger partial charge is 0.0535 e. The first-order valence-corrected chi connectivity index (χ1v) is 5.63. The molecule has 0 aromatic carbocycles. The minimum atomic E-state index is 0. The van der Waals surface area contributed by atoms with Crippen LogP contribution in [0, 0.1) is 12.8 Å². The molecule has 2 atom stereocenters. The number of aryl methyl sites for hydroxylation is 1. The van der Waals surface area contributed by atoms with E-state index in [1.807, 2.05) is 6.20 Å². The number of H-pyrrole nitrogens is 1. The van der Waals surface area contributed by atoms with Gasteiger partial charge >= 0.3 is 0 Å². The third-order valence-electron chi connectivity index (χ3n) is 3.38. The summed E-state index contributed by atoms with van der Waals surface area (Å²) in [5.41, 5.74) is 8.48. The van der Waals surface area contributed by atoms with Crippen LogP contribution in [0.1, 0.15) is 24.6 Å². The van der Waals surface area contributed by atoms with E-state index in [0.717, 1.165) is 26.1 Å². The van der Waals surface area contributed by atoms with Gasteiger partial charge in [0.25, 0.3) is 0 Å². The van der Waals surface area contributed by atoms with Crippen LogP contribution in [0.3, 0.4) is 0 Å². The molecule has 1 aliphatic heterocycles. The van der Waals surface area contributed by atoms with Gasteiger partial charge in [-0.05, 0) is 25.8 Å². The highest BCUT2D eigenvalue weighted by Gasteiger charge is 2.23. The van der Waals surface area contributed by atoms with Gasteiger partial charge in [-0.3, -0.25) is 10.00 Å². The summed E-state index contributed by atoms with van der Waals surface area (Å²) in [6.45, 7) is 7.52. The zero-order valence-corrected chi connectivity index (χ0v) is 10.8. The minimum absolute atomic E-state index is 0. The first-order valence-electron chi connectivity index (χ1n) is 5.63. The van der Waals surface area contributed by atoms with Crippen LogP contribution in [0.25, 0.3) is 0 Å². The standard InChI is InChI=1S/C11H20N4.ClH/c1-8-6-15(4-3-11(8)12)7-10-5-13-14-9(10)2;/h5,8,11H,3-4,6-7,12H2,1-2H3,(H,13,14);1H. The van der Waals surface area contributed by atoms with Gasteiger partial charge < -0.3 is 5.73 Å². The quantitative estimate of drug-likeness (QED) is 0.825. The summed E-state index contributed by atoms with van der Waals surface area (Å²) in [7, 11) is 0. The van der Waals surface area contributed by atoms with Crippen molar-refractivity contribution in [3.8, 4) is 0 Å². The minimum Gasteiger partial charge on any atom is -0.327 e. The molecule has 0 aliphatic carbocycles. The fourth-order valence-electron chi connectivity index (χ4n) is 2.17. The molecule has 1 fully saturated rings. The monoisotopic (exact) mass is 244 g/mol. The maximum atomic E-state index is 6.00. The zero-order chi connectivity index (χ0) is 10.8. The van der Waals surface area contributed by atoms with Gasteiger partial charge in [-0.25, -0.2) is 0 Å². The van der Waals surface area contributed by atoms with Gasteiger partial charge in [0, 0.05) is 30.4 Å². The van der Waals surface area contributed by atoms with Crippen molar-refractivity contribution in [3.05, 3.63) is 17.5 Å². The number of aromatic amines is 1. The van der Waals surface area contributed by atoms with Gasteiger partial charge in [-0.1, -0.05) is 6.92 Å². The molecule has 2 unspecified atom stereocenters. The second-order valence-corrected chi connectivity index (χ2v) is 4.69. The molecule has 1 aromatic rings. The maximum absolute atomic E-state index is 6.00. The van der Waals surface area contributed by atoms with E-state index < -0.39 is 0 Å². The van der Waals surface area contributed by atoms with Crippen LogP contribution < -0.4 is 5.73 Å². The third-order valence-corrected chi connectivity index (χ3v) is 3.38. The van der Waals surface area contributed by atoms with Gasteiger partial charge in [0.1, 0.15) is 0 Å². The van der Waals surface area contributed by atoms with Crippen molar-refractivity contribution in [1.82, 2.24) is 15.1 Å². The molecular weight excluding hydrogens is 224 g/mol. The van der Waals surface area contributed by atoms with Crippen molar-refractivity contribution >= 4 is 12.4 Å². The van der Waals surface area contributed by atoms with Crippen molar-refractivity contribution in [2.24, 2.45) is 11.7 Å². The Labute approximate surface area is 103 Å². The molecule has 0 spiro atoms. The number of nitrogens with two attached hydrogens (primary N) is 1. The molecule has 16 heavy (non-hydrogen) atoms. The molecule has 4 nitrogen and oxygen atoms in total. The highest BCUT2D eigenvalue weighted by atomic mass is 35.5. The third kappa shape index (κ3) is 2.97. The van der Waals surface area contributed by atoms with Gasteiger partial charge in [-0.15, -0.1) is 12.4 Å². The molecule has 92 valence electrons. The van der Waals surface area contributed by atoms with Crippen molar-refractivity contribution in [2.45, 2.75) is 32.9 Å². The number of hydrogen-bond acceptors (Lipinski definition) is 3. The molecular formula is C11H21ClN4. The van der Waals surface area contributed by atoms with E-state index in [0.29, 0.717) is 12.0 Å². The Bertz CT molecular complexity index is 326. The molecule has 1 saturated heterocycles. The first kappa shape index (κ1) is 13.5. The Balaban J connectivity index is 0.00000128. The summed E-state index contributed by atoms with van der Waals surface area (Å²) in [5.74, 6) is 0.603. The zero-order valence-electron chi connectivity index (χ0n) is 9.94. The number of likely N-dealkylation sites (tertiary alicyclic amines) is 1. The van der Waals surface area contributed by atoms with Crippen molar-refractivity contribution in [2.75, 3.05) is 13.1 Å². The Kier molecular flexibility index (Phi) is 4.77. The van der Waals surface area contributed by atoms with Crippen LogP contribution in [0.5, 0.6) is 0 Å². The molecule has 0 bridgehead atoms. The number of aromatic nitrogens is 2. The van der Waals surface area contributed by atoms with Crippen LogP contribution in [0.2, 0.25) is 0 Å². The van der Waals surface area contributed by atoms with Crippen molar-refractivity contribution in [3.63, 3.8) is 0 Å². The van der Waals surface area contributed by atoms with Crippen LogP contribution in [-0.2, 0) is 6.54 Å². The summed E-state index contributed by atoms with van der Waals surface area (Å²) >= 11 is 0. The van der Waals surface area contributed by atoms with E-state index in [2.05, 4.69) is 28.9 Å². The highest BCUT2D eigenvalue weighted by molar-refractivity contribution is 5.85. The lowest BCUT2D eigenvalue weighted by atomic mass is 9.94. The predicted molar refractivity (Wildman–Crippen MR) is 67.6 cm³/mol. The van der Waals surface area contributed by atoms with E-state index >= 15 is 0 Å². The van der Waals surface area contributed by atoms with E-state index in [-0.39, 0.29) is 12.4 Å². The van der Waals surface area contributed by atoms with Crippen LogP contribution in [0.15, 0.2) is 6.20 Å². The summed E-state index contributed by atoms with van der Waals surface area (Å²) in [4.78, 5) is 2.46. The van der Waals surface area contributed by atoms with Crippen LogP contribution in [0.4, 0.5) is 0 Å². The number of nitrogens with one attached hydrogen (secondary N) is 1. The Morgan fingerprint density at radius 2 is 2.38 bits per heavy atom. The average Bonchev–Trinajstić information content (AvgIpc) is 2.59. The largest absolute Gasteiger partial charge is 0.327 e. The molecule has 0 saturated carbocycles. The van der Waals surface area contributed by atoms with Gasteiger partial charge in [0.2, 0.25) is 0 Å². The summed E-state index contributed by atoms with van der Waals surface area (Å²) in [5, 5.41) is 7.02. The fraction of sp³-hybridized carbons (Fsp3) is 0.727. The van der Waals surface area contributed by atoms with E-state index in [9.17, 15) is 0 Å². The molecule has 0 radical (unpaired) electrons. The Morgan fingerprint density at radius 3 is 2.94 bits per heavy atom. The van der Waals surface area contributed by atoms with E-state index in [1.165, 1.54) is 11.3 Å². The Hall–Kier alpha value is -0.580. The number of piperidine rings is 1.